The predicted octanol–water partition coefficient (Wildman–Crippen LogP) is 5.12. The van der Waals surface area contributed by atoms with Gasteiger partial charge in [0, 0.05) is 41.1 Å². The molecule has 3 aromatic heterocycles. The molecule has 0 unspecified atom stereocenters. The van der Waals surface area contributed by atoms with Crippen molar-refractivity contribution in [3.63, 3.8) is 0 Å². The number of nitrogens with zero attached hydrogens (tertiary/aromatic N) is 4. The summed E-state index contributed by atoms with van der Waals surface area (Å²) in [7, 11) is 0. The SMILES string of the molecule is Cc1ccc(-c2csc3ncn(CCC(=O)Nc4ccc(-c5n[nH]c(C6CC6)n5)cc4)c(=O)c23)cc1. The Bertz CT molecular complexity index is 1610. The standard InChI is InChI=1S/C27H24N6O2S/c1-16-2-4-17(5-3-16)21-14-36-26-23(21)27(35)33(15-28-26)13-12-22(34)29-20-10-8-19(9-11-20)25-30-24(31-32-25)18-6-7-18/h2-5,8-11,14-15,18H,6-7,12-13H2,1H3,(H,29,34)(H,30,31,32). The molecule has 180 valence electrons. The van der Waals surface area contributed by atoms with E-state index in [9.17, 15) is 9.59 Å². The van der Waals surface area contributed by atoms with Crippen LogP contribution in [0.25, 0.3) is 32.7 Å². The lowest BCUT2D eigenvalue weighted by molar-refractivity contribution is -0.116. The molecule has 8 nitrogen and oxygen atoms in total. The molecule has 1 fully saturated rings. The van der Waals surface area contributed by atoms with Crippen molar-refractivity contribution in [2.45, 2.75) is 38.6 Å². The van der Waals surface area contributed by atoms with E-state index in [2.05, 4.69) is 25.5 Å². The van der Waals surface area contributed by atoms with Crippen LogP contribution in [0, 0.1) is 6.92 Å². The second-order valence-electron chi connectivity index (χ2n) is 9.13. The monoisotopic (exact) mass is 496 g/mol. The van der Waals surface area contributed by atoms with Crippen LogP contribution in [0.2, 0.25) is 0 Å². The number of aromatic amines is 1. The second kappa shape index (κ2) is 9.16. The van der Waals surface area contributed by atoms with Crippen LogP contribution in [0.15, 0.2) is 65.0 Å². The Hall–Kier alpha value is -4.11. The van der Waals surface area contributed by atoms with E-state index in [1.807, 2.05) is 60.8 Å². The number of aromatic nitrogens is 5. The second-order valence-corrected chi connectivity index (χ2v) is 9.99. The van der Waals surface area contributed by atoms with Crippen LogP contribution in [-0.2, 0) is 11.3 Å². The van der Waals surface area contributed by atoms with Gasteiger partial charge in [-0.05, 0) is 49.6 Å². The van der Waals surface area contributed by atoms with E-state index in [4.69, 9.17) is 0 Å². The maximum absolute atomic E-state index is 13.2. The van der Waals surface area contributed by atoms with Gasteiger partial charge in [0.25, 0.3) is 5.56 Å². The molecule has 0 aliphatic heterocycles. The molecule has 9 heteroatoms. The lowest BCUT2D eigenvalue weighted by Gasteiger charge is -2.08. The molecule has 1 amide bonds. The number of nitrogens with one attached hydrogen (secondary N) is 2. The zero-order chi connectivity index (χ0) is 24.6. The molecule has 6 rings (SSSR count). The number of amides is 1. The number of fused-ring (bicyclic) bond motifs is 1. The maximum Gasteiger partial charge on any atom is 0.262 e. The third-order valence-electron chi connectivity index (χ3n) is 6.40. The maximum atomic E-state index is 13.2. The van der Waals surface area contributed by atoms with Gasteiger partial charge in [-0.3, -0.25) is 19.3 Å². The van der Waals surface area contributed by atoms with Crippen molar-refractivity contribution in [3.8, 4) is 22.5 Å². The molecule has 5 aromatic rings. The first-order valence-electron chi connectivity index (χ1n) is 11.9. The van der Waals surface area contributed by atoms with Gasteiger partial charge in [-0.1, -0.05) is 29.8 Å². The van der Waals surface area contributed by atoms with Crippen molar-refractivity contribution in [3.05, 3.63) is 82.0 Å². The minimum atomic E-state index is -0.173. The molecule has 0 spiro atoms. The molecule has 0 radical (unpaired) electrons. The third-order valence-corrected chi connectivity index (χ3v) is 7.28. The zero-order valence-corrected chi connectivity index (χ0v) is 20.5. The normalized spacial score (nSPS) is 13.2. The molecule has 0 saturated heterocycles. The molecule has 2 aromatic carbocycles. The smallest absolute Gasteiger partial charge is 0.262 e. The summed E-state index contributed by atoms with van der Waals surface area (Å²) in [5, 5.41) is 12.8. The average molecular weight is 497 g/mol. The van der Waals surface area contributed by atoms with Crippen LogP contribution in [0.3, 0.4) is 0 Å². The Morgan fingerprint density at radius 3 is 2.61 bits per heavy atom. The molecule has 0 atom stereocenters. The van der Waals surface area contributed by atoms with E-state index < -0.39 is 0 Å². The van der Waals surface area contributed by atoms with Crippen LogP contribution in [-0.4, -0.2) is 30.6 Å². The Kier molecular flexibility index (Phi) is 5.69. The largest absolute Gasteiger partial charge is 0.326 e. The predicted molar refractivity (Wildman–Crippen MR) is 141 cm³/mol. The van der Waals surface area contributed by atoms with Crippen molar-refractivity contribution in [2.24, 2.45) is 0 Å². The number of hydrogen-bond acceptors (Lipinski definition) is 6. The van der Waals surface area contributed by atoms with E-state index in [0.29, 0.717) is 27.6 Å². The number of carbonyl (C=O) groups is 1. The highest BCUT2D eigenvalue weighted by molar-refractivity contribution is 7.17. The van der Waals surface area contributed by atoms with Gasteiger partial charge < -0.3 is 5.32 Å². The van der Waals surface area contributed by atoms with E-state index >= 15 is 0 Å². The van der Waals surface area contributed by atoms with E-state index in [1.54, 1.807) is 0 Å². The van der Waals surface area contributed by atoms with Gasteiger partial charge in [0.1, 0.15) is 10.7 Å². The summed E-state index contributed by atoms with van der Waals surface area (Å²) in [6.07, 6.45) is 4.01. The van der Waals surface area contributed by atoms with Crippen molar-refractivity contribution < 1.29 is 4.79 Å². The topological polar surface area (TPSA) is 106 Å². The summed E-state index contributed by atoms with van der Waals surface area (Å²) in [6, 6.07) is 15.5. The Labute approximate surface area is 211 Å². The highest BCUT2D eigenvalue weighted by atomic mass is 32.1. The van der Waals surface area contributed by atoms with Crippen molar-refractivity contribution in [2.75, 3.05) is 5.32 Å². The summed E-state index contributed by atoms with van der Waals surface area (Å²) < 4.78 is 1.51. The number of benzene rings is 2. The summed E-state index contributed by atoms with van der Waals surface area (Å²) in [5.41, 5.74) is 4.46. The van der Waals surface area contributed by atoms with Crippen LogP contribution < -0.4 is 10.9 Å². The van der Waals surface area contributed by atoms with Gasteiger partial charge in [0.2, 0.25) is 5.91 Å². The van der Waals surface area contributed by atoms with E-state index in [-0.39, 0.29) is 24.4 Å². The Morgan fingerprint density at radius 2 is 1.86 bits per heavy atom. The molecule has 1 aliphatic carbocycles. The van der Waals surface area contributed by atoms with E-state index in [1.165, 1.54) is 22.2 Å². The number of anilines is 1. The number of aryl methyl sites for hydroxylation is 2. The zero-order valence-electron chi connectivity index (χ0n) is 19.7. The Morgan fingerprint density at radius 1 is 1.11 bits per heavy atom. The van der Waals surface area contributed by atoms with Crippen LogP contribution >= 0.6 is 11.3 Å². The Balaban J connectivity index is 1.13. The first kappa shape index (κ1) is 22.4. The highest BCUT2D eigenvalue weighted by Gasteiger charge is 2.27. The van der Waals surface area contributed by atoms with Gasteiger partial charge in [-0.15, -0.1) is 11.3 Å². The average Bonchev–Trinajstić information content (AvgIpc) is 3.45. The number of H-pyrrole nitrogens is 1. The fourth-order valence-electron chi connectivity index (χ4n) is 4.16. The number of rotatable bonds is 7. The molecule has 36 heavy (non-hydrogen) atoms. The van der Waals surface area contributed by atoms with E-state index in [0.717, 1.165) is 40.9 Å². The van der Waals surface area contributed by atoms with Gasteiger partial charge in [0.05, 0.1) is 11.7 Å². The quantitative estimate of drug-likeness (QED) is 0.325. The van der Waals surface area contributed by atoms with Gasteiger partial charge in [-0.25, -0.2) is 9.97 Å². The first-order valence-corrected chi connectivity index (χ1v) is 12.8. The lowest BCUT2D eigenvalue weighted by atomic mass is 10.1. The van der Waals surface area contributed by atoms with Crippen molar-refractivity contribution >= 4 is 33.1 Å². The molecular formula is C27H24N6O2S. The summed E-state index contributed by atoms with van der Waals surface area (Å²) in [6.45, 7) is 2.28. The van der Waals surface area contributed by atoms with Crippen molar-refractivity contribution in [1.29, 1.82) is 0 Å². The van der Waals surface area contributed by atoms with Crippen LogP contribution in [0.1, 0.15) is 36.6 Å². The molecule has 1 saturated carbocycles. The van der Waals surface area contributed by atoms with Gasteiger partial charge in [-0.2, -0.15) is 5.10 Å². The molecule has 0 bridgehead atoms. The molecule has 1 aliphatic rings. The van der Waals surface area contributed by atoms with Gasteiger partial charge in [0.15, 0.2) is 5.82 Å². The van der Waals surface area contributed by atoms with Gasteiger partial charge >= 0.3 is 0 Å². The van der Waals surface area contributed by atoms with Crippen LogP contribution in [0.5, 0.6) is 0 Å². The molecule has 3 heterocycles. The third kappa shape index (κ3) is 4.45. The first-order chi connectivity index (χ1) is 17.5. The molecule has 2 N–H and O–H groups in total. The summed E-state index contributed by atoms with van der Waals surface area (Å²) >= 11 is 1.45. The minimum absolute atomic E-state index is 0.133. The fraction of sp³-hybridized carbons (Fsp3) is 0.222. The number of thiophene rings is 1. The number of carbonyl (C=O) groups excluding carboxylic acids is 1. The number of hydrogen-bond donors (Lipinski definition) is 2. The summed E-state index contributed by atoms with van der Waals surface area (Å²) in [4.78, 5) is 35.5. The molecular weight excluding hydrogens is 472 g/mol. The fourth-order valence-corrected chi connectivity index (χ4v) is 5.07. The highest BCUT2D eigenvalue weighted by Crippen LogP contribution is 2.38. The summed E-state index contributed by atoms with van der Waals surface area (Å²) in [5.74, 6) is 1.95. The minimum Gasteiger partial charge on any atom is -0.326 e. The lowest BCUT2D eigenvalue weighted by Crippen LogP contribution is -2.23. The van der Waals surface area contributed by atoms with Crippen LogP contribution in [0.4, 0.5) is 5.69 Å². The van der Waals surface area contributed by atoms with Crippen molar-refractivity contribution in [1.82, 2.24) is 24.7 Å².